The van der Waals surface area contributed by atoms with Crippen molar-refractivity contribution < 1.29 is 12.8 Å². The molecule has 0 aliphatic carbocycles. The number of halogens is 1. The Bertz CT molecular complexity index is 569. The minimum absolute atomic E-state index is 0.00931. The van der Waals surface area contributed by atoms with Gasteiger partial charge in [-0.25, -0.2) is 12.8 Å². The van der Waals surface area contributed by atoms with E-state index in [1.165, 1.54) is 16.4 Å². The summed E-state index contributed by atoms with van der Waals surface area (Å²) < 4.78 is 40.0. The highest BCUT2D eigenvalue weighted by Gasteiger charge is 2.29. The molecule has 1 heterocycles. The lowest BCUT2D eigenvalue weighted by atomic mass is 10.2. The summed E-state index contributed by atoms with van der Waals surface area (Å²) >= 11 is 0. The van der Waals surface area contributed by atoms with Crippen LogP contribution in [0.2, 0.25) is 0 Å². The van der Waals surface area contributed by atoms with E-state index in [0.29, 0.717) is 31.7 Å². The molecule has 0 atom stereocenters. The van der Waals surface area contributed by atoms with Crippen LogP contribution in [0.4, 0.5) is 4.39 Å². The van der Waals surface area contributed by atoms with E-state index in [-0.39, 0.29) is 11.4 Å². The maximum atomic E-state index is 13.4. The lowest BCUT2D eigenvalue weighted by Crippen LogP contribution is -2.48. The second kappa shape index (κ2) is 6.17. The zero-order valence-electron chi connectivity index (χ0n) is 11.5. The van der Waals surface area contributed by atoms with Crippen LogP contribution in [0.25, 0.3) is 0 Å². The molecule has 20 heavy (non-hydrogen) atoms. The molecule has 0 unspecified atom stereocenters. The molecule has 7 heteroatoms. The molecule has 0 radical (unpaired) electrons. The molecule has 0 amide bonds. The van der Waals surface area contributed by atoms with Crippen molar-refractivity contribution in [2.75, 3.05) is 32.7 Å². The number of benzene rings is 1. The second-order valence-corrected chi connectivity index (χ2v) is 6.70. The van der Waals surface area contributed by atoms with Crippen LogP contribution in [0.3, 0.4) is 0 Å². The Labute approximate surface area is 119 Å². The van der Waals surface area contributed by atoms with Gasteiger partial charge in [0.2, 0.25) is 10.0 Å². The molecule has 1 aliphatic rings. The first kappa shape index (κ1) is 15.4. The Morgan fingerprint density at radius 3 is 2.45 bits per heavy atom. The van der Waals surface area contributed by atoms with Crippen molar-refractivity contribution >= 4 is 10.0 Å². The number of piperazine rings is 1. The quantitative estimate of drug-likeness (QED) is 0.885. The maximum Gasteiger partial charge on any atom is 0.243 e. The molecule has 0 spiro atoms. The zero-order valence-corrected chi connectivity index (χ0v) is 12.4. The Hall–Kier alpha value is -1.02. The molecule has 5 nitrogen and oxygen atoms in total. The third-order valence-electron chi connectivity index (χ3n) is 3.65. The zero-order chi connectivity index (χ0) is 14.8. The third-order valence-corrected chi connectivity index (χ3v) is 5.63. The van der Waals surface area contributed by atoms with Crippen molar-refractivity contribution in [3.8, 4) is 0 Å². The Kier molecular flexibility index (Phi) is 4.74. The van der Waals surface area contributed by atoms with Gasteiger partial charge in [-0.2, -0.15) is 4.31 Å². The van der Waals surface area contributed by atoms with Crippen LogP contribution in [-0.4, -0.2) is 50.3 Å². The molecular weight excluding hydrogens is 281 g/mol. The molecule has 2 rings (SSSR count). The first-order valence-electron chi connectivity index (χ1n) is 6.70. The Morgan fingerprint density at radius 1 is 1.25 bits per heavy atom. The summed E-state index contributed by atoms with van der Waals surface area (Å²) in [6.07, 6.45) is 0. The fraction of sp³-hybridized carbons (Fsp3) is 0.538. The first-order valence-corrected chi connectivity index (χ1v) is 8.14. The molecule has 2 N–H and O–H groups in total. The summed E-state index contributed by atoms with van der Waals surface area (Å²) in [5, 5.41) is 0. The summed E-state index contributed by atoms with van der Waals surface area (Å²) in [6, 6.07) is 3.73. The topological polar surface area (TPSA) is 66.6 Å². The average Bonchev–Trinajstić information content (AvgIpc) is 2.47. The van der Waals surface area contributed by atoms with E-state index >= 15 is 0 Å². The number of hydrogen-bond donors (Lipinski definition) is 1. The van der Waals surface area contributed by atoms with Gasteiger partial charge in [0, 0.05) is 32.7 Å². The van der Waals surface area contributed by atoms with Gasteiger partial charge in [0.15, 0.2) is 0 Å². The summed E-state index contributed by atoms with van der Waals surface area (Å²) in [6.45, 7) is 5.27. The number of rotatable bonds is 4. The van der Waals surface area contributed by atoms with Crippen LogP contribution in [-0.2, 0) is 16.6 Å². The molecule has 1 saturated heterocycles. The summed E-state index contributed by atoms with van der Waals surface area (Å²) in [4.78, 5) is 2.17. The van der Waals surface area contributed by atoms with Crippen molar-refractivity contribution in [1.82, 2.24) is 9.21 Å². The minimum Gasteiger partial charge on any atom is -0.326 e. The highest BCUT2D eigenvalue weighted by molar-refractivity contribution is 7.89. The molecular formula is C13H20FN3O2S. The van der Waals surface area contributed by atoms with Gasteiger partial charge in [-0.3, -0.25) is 0 Å². The van der Waals surface area contributed by atoms with E-state index < -0.39 is 15.8 Å². The van der Waals surface area contributed by atoms with E-state index in [1.54, 1.807) is 0 Å². The second-order valence-electron chi connectivity index (χ2n) is 4.79. The molecule has 1 fully saturated rings. The molecule has 1 aliphatic heterocycles. The van der Waals surface area contributed by atoms with Gasteiger partial charge in [0.25, 0.3) is 0 Å². The summed E-state index contributed by atoms with van der Waals surface area (Å²) in [7, 11) is -3.67. The van der Waals surface area contributed by atoms with Crippen molar-refractivity contribution in [2.24, 2.45) is 5.73 Å². The van der Waals surface area contributed by atoms with Gasteiger partial charge >= 0.3 is 0 Å². The first-order chi connectivity index (χ1) is 9.48. The van der Waals surface area contributed by atoms with Crippen molar-refractivity contribution in [2.45, 2.75) is 18.4 Å². The molecule has 0 aromatic heterocycles. The number of hydrogen-bond acceptors (Lipinski definition) is 4. The highest BCUT2D eigenvalue weighted by Crippen LogP contribution is 2.22. The van der Waals surface area contributed by atoms with E-state index in [1.807, 2.05) is 6.92 Å². The number of nitrogens with zero attached hydrogens (tertiary/aromatic N) is 2. The van der Waals surface area contributed by atoms with Gasteiger partial charge in [0.05, 0.1) is 4.90 Å². The molecule has 1 aromatic rings. The molecule has 0 saturated carbocycles. The normalized spacial score (nSPS) is 18.4. The highest BCUT2D eigenvalue weighted by atomic mass is 32.2. The third kappa shape index (κ3) is 3.01. The van der Waals surface area contributed by atoms with Crippen LogP contribution in [0.5, 0.6) is 0 Å². The van der Waals surface area contributed by atoms with Crippen LogP contribution < -0.4 is 5.73 Å². The number of likely N-dealkylation sites (N-methyl/N-ethyl adjacent to an activating group) is 1. The Morgan fingerprint density at radius 2 is 1.90 bits per heavy atom. The van der Waals surface area contributed by atoms with Crippen molar-refractivity contribution in [3.63, 3.8) is 0 Å². The lowest BCUT2D eigenvalue weighted by molar-refractivity contribution is 0.196. The molecule has 112 valence electrons. The summed E-state index contributed by atoms with van der Waals surface area (Å²) in [5.41, 5.74) is 6.01. The fourth-order valence-corrected chi connectivity index (χ4v) is 4.03. The minimum atomic E-state index is -3.67. The smallest absolute Gasteiger partial charge is 0.243 e. The van der Waals surface area contributed by atoms with Crippen LogP contribution in [0.15, 0.2) is 23.1 Å². The Balaban J connectivity index is 2.29. The van der Waals surface area contributed by atoms with Crippen molar-refractivity contribution in [1.29, 1.82) is 0 Å². The van der Waals surface area contributed by atoms with Gasteiger partial charge < -0.3 is 10.6 Å². The standard InChI is InChI=1S/C13H20FN3O2S/c1-2-16-5-7-17(8-6-16)20(18,19)13-9-12(14)4-3-11(13)10-15/h3-4,9H,2,5-8,10,15H2,1H3. The van der Waals surface area contributed by atoms with Gasteiger partial charge in [-0.05, 0) is 24.2 Å². The maximum absolute atomic E-state index is 13.4. The van der Waals surface area contributed by atoms with Gasteiger partial charge in [0.1, 0.15) is 5.82 Å². The summed E-state index contributed by atoms with van der Waals surface area (Å²) in [5.74, 6) is -0.562. The number of nitrogens with two attached hydrogens (primary N) is 1. The molecule has 1 aromatic carbocycles. The van der Waals surface area contributed by atoms with Gasteiger partial charge in [-0.1, -0.05) is 13.0 Å². The van der Waals surface area contributed by atoms with E-state index in [0.717, 1.165) is 12.6 Å². The average molecular weight is 301 g/mol. The van der Waals surface area contributed by atoms with Crippen molar-refractivity contribution in [3.05, 3.63) is 29.6 Å². The fourth-order valence-electron chi connectivity index (χ4n) is 2.36. The molecule has 0 bridgehead atoms. The van der Waals surface area contributed by atoms with Crippen LogP contribution in [0, 0.1) is 5.82 Å². The van der Waals surface area contributed by atoms with Gasteiger partial charge in [-0.15, -0.1) is 0 Å². The van der Waals surface area contributed by atoms with E-state index in [9.17, 15) is 12.8 Å². The number of sulfonamides is 1. The predicted octanol–water partition coefficient (Wildman–Crippen LogP) is 0.611. The monoisotopic (exact) mass is 301 g/mol. The van der Waals surface area contributed by atoms with Crippen LogP contribution >= 0.6 is 0 Å². The predicted molar refractivity (Wildman–Crippen MR) is 75.2 cm³/mol. The van der Waals surface area contributed by atoms with E-state index in [2.05, 4.69) is 4.90 Å². The SMILES string of the molecule is CCN1CCN(S(=O)(=O)c2cc(F)ccc2CN)CC1. The van der Waals surface area contributed by atoms with Crippen LogP contribution in [0.1, 0.15) is 12.5 Å². The largest absolute Gasteiger partial charge is 0.326 e. The van der Waals surface area contributed by atoms with E-state index in [4.69, 9.17) is 5.73 Å². The lowest BCUT2D eigenvalue weighted by Gasteiger charge is -2.33.